The molecule has 0 spiro atoms. The Morgan fingerprint density at radius 2 is 1.96 bits per heavy atom. The average molecular weight is 482 g/mol. The molecule has 0 saturated carbocycles. The van der Waals surface area contributed by atoms with Crippen LogP contribution < -0.4 is 10.6 Å². The molecule has 7 nitrogen and oxygen atoms in total. The number of guanidine groups is 1. The number of rotatable bonds is 8. The molecule has 0 aliphatic rings. The number of imidazole rings is 1. The van der Waals surface area contributed by atoms with Gasteiger partial charge in [-0.2, -0.15) is 8.78 Å². The normalized spacial score (nSPS) is 11.7. The first kappa shape index (κ1) is 22.3. The van der Waals surface area contributed by atoms with E-state index in [0.29, 0.717) is 24.2 Å². The largest absolute Gasteiger partial charge is 0.359 e. The third kappa shape index (κ3) is 5.92. The van der Waals surface area contributed by atoms with E-state index in [4.69, 9.17) is 4.52 Å². The summed E-state index contributed by atoms with van der Waals surface area (Å²) in [5.74, 6) is 1.78. The van der Waals surface area contributed by atoms with E-state index in [0.717, 1.165) is 23.1 Å². The summed E-state index contributed by atoms with van der Waals surface area (Å²) in [4.78, 5) is 7.97. The van der Waals surface area contributed by atoms with Crippen molar-refractivity contribution in [1.29, 1.82) is 0 Å². The highest BCUT2D eigenvalue weighted by Gasteiger charge is 2.14. The minimum atomic E-state index is -2.62. The van der Waals surface area contributed by atoms with Crippen molar-refractivity contribution in [2.45, 2.75) is 52.2 Å². The Hall–Kier alpha value is -1.72. The van der Waals surface area contributed by atoms with Gasteiger partial charge >= 0.3 is 6.55 Å². The molecule has 0 saturated heterocycles. The molecule has 2 heterocycles. The molecule has 0 fully saturated rings. The summed E-state index contributed by atoms with van der Waals surface area (Å²) in [5.41, 5.74) is 0.948. The van der Waals surface area contributed by atoms with Crippen molar-refractivity contribution in [2.75, 3.05) is 7.05 Å². The lowest BCUT2D eigenvalue weighted by atomic mass is 9.99. The molecule has 2 rings (SSSR count). The second-order valence-corrected chi connectivity index (χ2v) is 5.54. The molecule has 0 atom stereocenters. The summed E-state index contributed by atoms with van der Waals surface area (Å²) >= 11 is 0. The Kier molecular flexibility index (Phi) is 9.52. The van der Waals surface area contributed by atoms with Gasteiger partial charge in [-0.15, -0.1) is 24.0 Å². The SMILES string of the molecule is CCC(CC)c1cc(CNC(=NC)NCc2nccn2C(F)F)on1.I. The van der Waals surface area contributed by atoms with E-state index in [1.165, 1.54) is 12.4 Å². The fourth-order valence-corrected chi connectivity index (χ4v) is 2.52. The number of hydrogen-bond acceptors (Lipinski definition) is 4. The fraction of sp³-hybridized carbons (Fsp3) is 0.562. The highest BCUT2D eigenvalue weighted by atomic mass is 127. The van der Waals surface area contributed by atoms with Gasteiger partial charge in [-0.25, -0.2) is 4.98 Å². The monoisotopic (exact) mass is 482 g/mol. The topological polar surface area (TPSA) is 80.3 Å². The second kappa shape index (κ2) is 11.1. The van der Waals surface area contributed by atoms with Crippen molar-refractivity contribution < 1.29 is 13.3 Å². The van der Waals surface area contributed by atoms with Crippen LogP contribution in [0, 0.1) is 0 Å². The van der Waals surface area contributed by atoms with Crippen LogP contribution in [0.4, 0.5) is 8.78 Å². The predicted octanol–water partition coefficient (Wildman–Crippen LogP) is 3.65. The van der Waals surface area contributed by atoms with E-state index in [9.17, 15) is 8.78 Å². The molecule has 0 bridgehead atoms. The summed E-state index contributed by atoms with van der Waals surface area (Å²) in [6.45, 7) is 2.15. The number of nitrogens with zero attached hydrogens (tertiary/aromatic N) is 4. The zero-order chi connectivity index (χ0) is 18.2. The summed E-state index contributed by atoms with van der Waals surface area (Å²) in [5, 5.41) is 10.1. The lowest BCUT2D eigenvalue weighted by Gasteiger charge is -2.11. The first-order valence-electron chi connectivity index (χ1n) is 8.28. The van der Waals surface area contributed by atoms with Crippen LogP contribution in [0.15, 0.2) is 28.0 Å². The van der Waals surface area contributed by atoms with Crippen LogP contribution >= 0.6 is 24.0 Å². The van der Waals surface area contributed by atoms with Crippen LogP contribution in [-0.2, 0) is 13.1 Å². The van der Waals surface area contributed by atoms with Gasteiger partial charge in [0.2, 0.25) is 0 Å². The molecule has 0 aliphatic carbocycles. The van der Waals surface area contributed by atoms with Crippen molar-refractivity contribution in [2.24, 2.45) is 4.99 Å². The summed E-state index contributed by atoms with van der Waals surface area (Å²) in [6.07, 6.45) is 4.60. The standard InChI is InChI=1S/C16H24F2N6O.HI/c1-4-11(5-2)13-8-12(25-23-13)9-21-16(19-3)22-10-14-20-6-7-24(14)15(17)18;/h6-8,11,15H,4-5,9-10H2,1-3H3,(H2,19,21,22);1H. The molecule has 26 heavy (non-hydrogen) atoms. The Morgan fingerprint density at radius 3 is 2.58 bits per heavy atom. The second-order valence-electron chi connectivity index (χ2n) is 5.54. The first-order valence-corrected chi connectivity index (χ1v) is 8.28. The molecule has 2 aromatic rings. The third-order valence-corrected chi connectivity index (χ3v) is 4.01. The molecule has 146 valence electrons. The average Bonchev–Trinajstić information content (AvgIpc) is 3.26. The molecular formula is C16H25F2IN6O. The zero-order valence-corrected chi connectivity index (χ0v) is 17.4. The maximum atomic E-state index is 12.8. The molecule has 0 unspecified atom stereocenters. The number of aromatic nitrogens is 3. The Balaban J connectivity index is 0.00000338. The van der Waals surface area contributed by atoms with Gasteiger partial charge in [0.1, 0.15) is 5.82 Å². The number of nitrogens with one attached hydrogen (secondary N) is 2. The molecule has 0 aromatic carbocycles. The van der Waals surface area contributed by atoms with Gasteiger partial charge in [-0.05, 0) is 12.8 Å². The maximum absolute atomic E-state index is 12.8. The maximum Gasteiger partial charge on any atom is 0.319 e. The minimum Gasteiger partial charge on any atom is -0.359 e. The minimum absolute atomic E-state index is 0. The number of halogens is 3. The third-order valence-electron chi connectivity index (χ3n) is 4.01. The molecule has 0 amide bonds. The molecule has 0 radical (unpaired) electrons. The van der Waals surface area contributed by atoms with Crippen molar-refractivity contribution in [1.82, 2.24) is 25.3 Å². The van der Waals surface area contributed by atoms with Crippen LogP contribution in [0.3, 0.4) is 0 Å². The molecule has 2 N–H and O–H groups in total. The van der Waals surface area contributed by atoms with E-state index >= 15 is 0 Å². The number of aliphatic imine (C=N–C) groups is 1. The molecule has 2 aromatic heterocycles. The summed E-state index contributed by atoms with van der Waals surface area (Å²) < 4.78 is 31.7. The van der Waals surface area contributed by atoms with Gasteiger partial charge in [-0.1, -0.05) is 19.0 Å². The van der Waals surface area contributed by atoms with Gasteiger partial charge in [-0.3, -0.25) is 9.56 Å². The van der Waals surface area contributed by atoms with Crippen LogP contribution in [0.2, 0.25) is 0 Å². The fourth-order valence-electron chi connectivity index (χ4n) is 2.52. The smallest absolute Gasteiger partial charge is 0.319 e. The summed E-state index contributed by atoms with van der Waals surface area (Å²) in [7, 11) is 1.60. The van der Waals surface area contributed by atoms with Crippen LogP contribution in [-0.4, -0.2) is 27.7 Å². The van der Waals surface area contributed by atoms with Crippen LogP contribution in [0.25, 0.3) is 0 Å². The Labute approximate surface area is 168 Å². The molecular weight excluding hydrogens is 457 g/mol. The van der Waals surface area contributed by atoms with E-state index < -0.39 is 6.55 Å². The predicted molar refractivity (Wildman–Crippen MR) is 106 cm³/mol. The van der Waals surface area contributed by atoms with Crippen LogP contribution in [0.5, 0.6) is 0 Å². The van der Waals surface area contributed by atoms with E-state index in [1.54, 1.807) is 7.05 Å². The van der Waals surface area contributed by atoms with Crippen molar-refractivity contribution in [3.05, 3.63) is 35.7 Å². The molecule has 0 aliphatic heterocycles. The van der Waals surface area contributed by atoms with Gasteiger partial charge < -0.3 is 15.2 Å². The number of alkyl halides is 2. The van der Waals surface area contributed by atoms with Gasteiger partial charge in [0.05, 0.1) is 18.8 Å². The van der Waals surface area contributed by atoms with Crippen molar-refractivity contribution >= 4 is 29.9 Å². The number of hydrogen-bond donors (Lipinski definition) is 2. The quantitative estimate of drug-likeness (QED) is 0.341. The van der Waals surface area contributed by atoms with Gasteiger partial charge in [0, 0.05) is 31.4 Å². The van der Waals surface area contributed by atoms with E-state index in [-0.39, 0.29) is 36.3 Å². The highest BCUT2D eigenvalue weighted by Crippen LogP contribution is 2.22. The van der Waals surface area contributed by atoms with Gasteiger partial charge in [0.15, 0.2) is 11.7 Å². The van der Waals surface area contributed by atoms with Crippen LogP contribution in [0.1, 0.15) is 56.4 Å². The highest BCUT2D eigenvalue weighted by molar-refractivity contribution is 14.0. The van der Waals surface area contributed by atoms with Gasteiger partial charge in [0.25, 0.3) is 0 Å². The Morgan fingerprint density at radius 1 is 1.27 bits per heavy atom. The van der Waals surface area contributed by atoms with Crippen molar-refractivity contribution in [3.8, 4) is 0 Å². The van der Waals surface area contributed by atoms with E-state index in [1.807, 2.05) is 6.07 Å². The lowest BCUT2D eigenvalue weighted by molar-refractivity contribution is 0.0668. The first-order chi connectivity index (χ1) is 12.1. The Bertz CT molecular complexity index is 684. The lowest BCUT2D eigenvalue weighted by Crippen LogP contribution is -2.36. The molecule has 10 heteroatoms. The van der Waals surface area contributed by atoms with Crippen molar-refractivity contribution in [3.63, 3.8) is 0 Å². The summed E-state index contributed by atoms with van der Waals surface area (Å²) in [6, 6.07) is 1.93. The van der Waals surface area contributed by atoms with E-state index in [2.05, 4.69) is 39.6 Å². The zero-order valence-electron chi connectivity index (χ0n) is 15.1.